The summed E-state index contributed by atoms with van der Waals surface area (Å²) in [6, 6.07) is 0. The second kappa shape index (κ2) is 9.69. The van der Waals surface area contributed by atoms with Gasteiger partial charge in [0.15, 0.2) is 0 Å². The Bertz CT molecular complexity index is 662. The van der Waals surface area contributed by atoms with Gasteiger partial charge in [-0.25, -0.2) is 8.88 Å². The molecule has 0 radical (unpaired) electrons. The van der Waals surface area contributed by atoms with Gasteiger partial charge in [0, 0.05) is 19.2 Å². The zero-order chi connectivity index (χ0) is 22.0. The van der Waals surface area contributed by atoms with Crippen LogP contribution >= 0.6 is 22.8 Å². The van der Waals surface area contributed by atoms with Crippen LogP contribution in [0.5, 0.6) is 0 Å². The summed E-state index contributed by atoms with van der Waals surface area (Å²) < 4.78 is 58.5. The molecule has 0 bridgehead atoms. The van der Waals surface area contributed by atoms with Crippen molar-refractivity contribution < 1.29 is 46.7 Å². The normalized spacial score (nSPS) is 30.0. The summed E-state index contributed by atoms with van der Waals surface area (Å²) in [6.07, 6.45) is -0.822. The quantitative estimate of drug-likeness (QED) is 0.385. The van der Waals surface area contributed by atoms with E-state index in [-0.39, 0.29) is 6.10 Å². The van der Waals surface area contributed by atoms with Crippen molar-refractivity contribution in [1.82, 2.24) is 0 Å². The standard InChI is InChI=1S/C15H33O10P3/c1-7-12(8-2)26(17,22-6)15(4,5)27(18,19)25-28(20,21)23-10-14-13(16)9-11(3)24-14/h11-14,16H,7-10H2,1-6H3,(H,18,19)(H,20,21)/t11-,13?,14+,26?/m0/s1. The number of ether oxygens (including phenoxy) is 1. The van der Waals surface area contributed by atoms with E-state index in [4.69, 9.17) is 13.8 Å². The highest BCUT2D eigenvalue weighted by atomic mass is 31.3. The summed E-state index contributed by atoms with van der Waals surface area (Å²) in [5.74, 6) is 0. The van der Waals surface area contributed by atoms with Crippen LogP contribution in [0.4, 0.5) is 0 Å². The topological polar surface area (TPSA) is 149 Å². The molecule has 168 valence electrons. The first-order valence-electron chi connectivity index (χ1n) is 9.18. The van der Waals surface area contributed by atoms with Gasteiger partial charge in [-0.05, 0) is 33.6 Å². The van der Waals surface area contributed by atoms with Crippen molar-refractivity contribution in [2.75, 3.05) is 13.7 Å². The van der Waals surface area contributed by atoms with E-state index in [2.05, 4.69) is 4.31 Å². The summed E-state index contributed by atoms with van der Waals surface area (Å²) >= 11 is 0. The van der Waals surface area contributed by atoms with Gasteiger partial charge in [0.1, 0.15) is 11.0 Å². The lowest BCUT2D eigenvalue weighted by atomic mass is 10.1. The monoisotopic (exact) mass is 466 g/mol. The molecular formula is C15H33O10P3. The molecule has 3 N–H and O–H groups in total. The average molecular weight is 466 g/mol. The van der Waals surface area contributed by atoms with Crippen molar-refractivity contribution in [3.63, 3.8) is 0 Å². The van der Waals surface area contributed by atoms with Gasteiger partial charge in [0.05, 0.1) is 18.8 Å². The molecule has 4 unspecified atom stereocenters. The average Bonchev–Trinajstić information content (AvgIpc) is 2.90. The fourth-order valence-electron chi connectivity index (χ4n) is 3.28. The highest BCUT2D eigenvalue weighted by Gasteiger charge is 2.60. The molecule has 1 aliphatic rings. The number of hydrogen-bond donors (Lipinski definition) is 3. The molecule has 0 amide bonds. The predicted molar refractivity (Wildman–Crippen MR) is 105 cm³/mol. The molecule has 6 atom stereocenters. The van der Waals surface area contributed by atoms with Crippen LogP contribution in [0.1, 0.15) is 53.9 Å². The minimum Gasteiger partial charge on any atom is -0.390 e. The first-order chi connectivity index (χ1) is 12.7. The van der Waals surface area contributed by atoms with E-state index in [0.717, 1.165) is 0 Å². The van der Waals surface area contributed by atoms with Gasteiger partial charge in [0.25, 0.3) is 0 Å². The van der Waals surface area contributed by atoms with Crippen LogP contribution in [0.2, 0.25) is 0 Å². The minimum atomic E-state index is -5.02. The van der Waals surface area contributed by atoms with E-state index in [1.807, 2.05) is 0 Å². The molecule has 0 aromatic carbocycles. The van der Waals surface area contributed by atoms with Crippen LogP contribution in [0, 0.1) is 0 Å². The van der Waals surface area contributed by atoms with Crippen LogP contribution in [-0.2, 0) is 31.8 Å². The van der Waals surface area contributed by atoms with Gasteiger partial charge >= 0.3 is 15.4 Å². The van der Waals surface area contributed by atoms with Crippen molar-refractivity contribution in [3.8, 4) is 0 Å². The fraction of sp³-hybridized carbons (Fsp3) is 1.00. The number of phosphoric acid groups is 1. The van der Waals surface area contributed by atoms with Crippen LogP contribution in [0.15, 0.2) is 0 Å². The summed E-state index contributed by atoms with van der Waals surface area (Å²) in [7, 11) is -12.6. The lowest BCUT2D eigenvalue weighted by molar-refractivity contribution is -0.0164. The van der Waals surface area contributed by atoms with Gasteiger partial charge in [-0.2, -0.15) is 0 Å². The van der Waals surface area contributed by atoms with E-state index in [0.29, 0.717) is 19.3 Å². The predicted octanol–water partition coefficient (Wildman–Crippen LogP) is 3.69. The van der Waals surface area contributed by atoms with E-state index in [9.17, 15) is 28.6 Å². The summed E-state index contributed by atoms with van der Waals surface area (Å²) in [5.41, 5.74) is -0.529. The third-order valence-corrected chi connectivity index (χ3v) is 14.1. The molecule has 0 aromatic rings. The van der Waals surface area contributed by atoms with Gasteiger partial charge in [-0.3, -0.25) is 13.7 Å². The Morgan fingerprint density at radius 1 is 1.18 bits per heavy atom. The number of hydrogen-bond acceptors (Lipinski definition) is 8. The minimum absolute atomic E-state index is 0.252. The first-order valence-corrected chi connectivity index (χ1v) is 13.9. The van der Waals surface area contributed by atoms with Crippen molar-refractivity contribution in [3.05, 3.63) is 0 Å². The Kier molecular flexibility index (Phi) is 9.16. The van der Waals surface area contributed by atoms with Crippen LogP contribution < -0.4 is 0 Å². The summed E-state index contributed by atoms with van der Waals surface area (Å²) in [5, 5.41) is 9.80. The summed E-state index contributed by atoms with van der Waals surface area (Å²) in [4.78, 5) is 18.4. The second-order valence-electron chi connectivity index (χ2n) is 7.40. The van der Waals surface area contributed by atoms with Crippen molar-refractivity contribution in [1.29, 1.82) is 0 Å². The molecule has 10 nitrogen and oxygen atoms in total. The van der Waals surface area contributed by atoms with Gasteiger partial charge < -0.3 is 24.2 Å². The number of phosphoric ester groups is 1. The van der Waals surface area contributed by atoms with Crippen molar-refractivity contribution >= 4 is 22.8 Å². The highest BCUT2D eigenvalue weighted by Crippen LogP contribution is 2.80. The Balaban J connectivity index is 2.98. The second-order valence-corrected chi connectivity index (χ2v) is 15.2. The molecule has 0 saturated carbocycles. The largest absolute Gasteiger partial charge is 0.479 e. The molecular weight excluding hydrogens is 433 g/mol. The molecule has 28 heavy (non-hydrogen) atoms. The zero-order valence-corrected chi connectivity index (χ0v) is 19.9. The maximum Gasteiger partial charge on any atom is 0.479 e. The Labute approximate surface area is 166 Å². The summed E-state index contributed by atoms with van der Waals surface area (Å²) in [6.45, 7) is 7.18. The van der Waals surface area contributed by atoms with Crippen LogP contribution in [0.3, 0.4) is 0 Å². The maximum absolute atomic E-state index is 13.4. The zero-order valence-electron chi connectivity index (χ0n) is 17.2. The van der Waals surface area contributed by atoms with Crippen LogP contribution in [-0.4, -0.2) is 57.5 Å². The molecule has 1 fully saturated rings. The lowest BCUT2D eigenvalue weighted by Crippen LogP contribution is -2.29. The molecule has 0 spiro atoms. The molecule has 1 aliphatic heterocycles. The highest BCUT2D eigenvalue weighted by molar-refractivity contribution is 7.79. The Morgan fingerprint density at radius 2 is 1.71 bits per heavy atom. The van der Waals surface area contributed by atoms with Crippen molar-refractivity contribution in [2.24, 2.45) is 0 Å². The van der Waals surface area contributed by atoms with E-state index < -0.39 is 52.2 Å². The fourth-order valence-corrected chi connectivity index (χ4v) is 10.8. The van der Waals surface area contributed by atoms with E-state index >= 15 is 0 Å². The molecule has 1 saturated heterocycles. The Morgan fingerprint density at radius 3 is 2.11 bits per heavy atom. The van der Waals surface area contributed by atoms with E-state index in [1.54, 1.807) is 20.8 Å². The SMILES string of the molecule is CCC(CC)P(=O)(OC)C(C)(C)P(=O)(O)OP(=O)(O)OC[C@H]1O[C@@H](C)CC1O. The number of rotatable bonds is 11. The van der Waals surface area contributed by atoms with E-state index in [1.165, 1.54) is 21.0 Å². The lowest BCUT2D eigenvalue weighted by Gasteiger charge is -2.39. The van der Waals surface area contributed by atoms with Gasteiger partial charge in [-0.1, -0.05) is 13.8 Å². The molecule has 0 aliphatic carbocycles. The number of aliphatic hydroxyl groups is 1. The third kappa shape index (κ3) is 5.55. The van der Waals surface area contributed by atoms with Gasteiger partial charge in [0.2, 0.25) is 7.37 Å². The van der Waals surface area contributed by atoms with Gasteiger partial charge in [-0.15, -0.1) is 0 Å². The van der Waals surface area contributed by atoms with Crippen LogP contribution in [0.25, 0.3) is 0 Å². The number of aliphatic hydroxyl groups excluding tert-OH is 1. The maximum atomic E-state index is 13.4. The Hall–Kier alpha value is 0.410. The molecule has 13 heteroatoms. The smallest absolute Gasteiger partial charge is 0.390 e. The first kappa shape index (κ1) is 26.4. The molecule has 0 aromatic heterocycles. The third-order valence-electron chi connectivity index (χ3n) is 5.17. The molecule has 1 rings (SSSR count). The molecule has 1 heterocycles. The van der Waals surface area contributed by atoms with Crippen molar-refractivity contribution in [2.45, 2.75) is 82.7 Å².